The van der Waals surface area contributed by atoms with Gasteiger partial charge in [0, 0.05) is 10.1 Å². The van der Waals surface area contributed by atoms with Crippen LogP contribution in [0.3, 0.4) is 0 Å². The van der Waals surface area contributed by atoms with Crippen molar-refractivity contribution in [1.82, 2.24) is 5.32 Å². The van der Waals surface area contributed by atoms with Crippen molar-refractivity contribution in [3.63, 3.8) is 0 Å². The zero-order valence-corrected chi connectivity index (χ0v) is 10.7. The Hall–Kier alpha value is 0.160. The fourth-order valence-corrected chi connectivity index (χ4v) is 2.29. The minimum atomic E-state index is 0. The van der Waals surface area contributed by atoms with E-state index in [1.165, 1.54) is 9.13 Å². The first-order valence-corrected chi connectivity index (χ1v) is 5.51. The van der Waals surface area contributed by atoms with E-state index in [-0.39, 0.29) is 12.4 Å². The number of halogens is 2. The third-order valence-electron chi connectivity index (χ3n) is 2.20. The Morgan fingerprint density at radius 1 is 1.36 bits per heavy atom. The van der Waals surface area contributed by atoms with Crippen molar-refractivity contribution >= 4 is 35.0 Å². The summed E-state index contributed by atoms with van der Waals surface area (Å²) in [5.74, 6) is 0. The van der Waals surface area contributed by atoms with Gasteiger partial charge in [0.15, 0.2) is 0 Å². The van der Waals surface area contributed by atoms with Gasteiger partial charge in [-0.3, -0.25) is 0 Å². The summed E-state index contributed by atoms with van der Waals surface area (Å²) in [4.78, 5) is 0. The van der Waals surface area contributed by atoms with Crippen LogP contribution < -0.4 is 5.32 Å². The number of morpholine rings is 1. The van der Waals surface area contributed by atoms with E-state index in [9.17, 15) is 0 Å². The number of benzene rings is 1. The lowest BCUT2D eigenvalue weighted by molar-refractivity contribution is 0.0766. The maximum Gasteiger partial charge on any atom is 0.0662 e. The monoisotopic (exact) mass is 325 g/mol. The van der Waals surface area contributed by atoms with Crippen molar-refractivity contribution in [2.75, 3.05) is 19.8 Å². The summed E-state index contributed by atoms with van der Waals surface area (Å²) in [5, 5.41) is 3.45. The van der Waals surface area contributed by atoms with Gasteiger partial charge < -0.3 is 10.1 Å². The summed E-state index contributed by atoms with van der Waals surface area (Å²) < 4.78 is 6.73. The van der Waals surface area contributed by atoms with E-state index in [2.05, 4.69) is 52.2 Å². The van der Waals surface area contributed by atoms with Crippen molar-refractivity contribution in [2.45, 2.75) is 6.04 Å². The average molecular weight is 326 g/mol. The van der Waals surface area contributed by atoms with Crippen LogP contribution in [0, 0.1) is 3.57 Å². The molecule has 4 heteroatoms. The van der Waals surface area contributed by atoms with Gasteiger partial charge in [-0.2, -0.15) is 0 Å². The first-order chi connectivity index (χ1) is 6.38. The molecular weight excluding hydrogens is 312 g/mol. The zero-order chi connectivity index (χ0) is 9.10. The highest BCUT2D eigenvalue weighted by molar-refractivity contribution is 14.1. The molecule has 0 bridgehead atoms. The Labute approximate surface area is 104 Å². The molecule has 1 aromatic carbocycles. The summed E-state index contributed by atoms with van der Waals surface area (Å²) >= 11 is 2.37. The fourth-order valence-electron chi connectivity index (χ4n) is 1.52. The largest absolute Gasteiger partial charge is 0.378 e. The van der Waals surface area contributed by atoms with Crippen molar-refractivity contribution in [2.24, 2.45) is 0 Å². The van der Waals surface area contributed by atoms with Gasteiger partial charge in [0.1, 0.15) is 0 Å². The molecule has 1 aliphatic heterocycles. The predicted molar refractivity (Wildman–Crippen MR) is 68.0 cm³/mol. The average Bonchev–Trinajstić information content (AvgIpc) is 2.20. The van der Waals surface area contributed by atoms with Crippen LogP contribution in [0.25, 0.3) is 0 Å². The maximum atomic E-state index is 5.43. The van der Waals surface area contributed by atoms with Gasteiger partial charge in [-0.15, -0.1) is 12.4 Å². The van der Waals surface area contributed by atoms with Crippen LogP contribution in [0.15, 0.2) is 24.3 Å². The van der Waals surface area contributed by atoms with E-state index < -0.39 is 0 Å². The van der Waals surface area contributed by atoms with Gasteiger partial charge in [-0.1, -0.05) is 18.2 Å². The second-order valence-corrected chi connectivity index (χ2v) is 4.27. The molecule has 78 valence electrons. The lowest BCUT2D eigenvalue weighted by Gasteiger charge is -2.24. The van der Waals surface area contributed by atoms with Crippen LogP contribution in [-0.2, 0) is 4.74 Å². The second-order valence-electron chi connectivity index (χ2n) is 3.10. The van der Waals surface area contributed by atoms with E-state index in [1.54, 1.807) is 0 Å². The first-order valence-electron chi connectivity index (χ1n) is 4.43. The predicted octanol–water partition coefficient (Wildman–Crippen LogP) is 2.37. The maximum absolute atomic E-state index is 5.43. The summed E-state index contributed by atoms with van der Waals surface area (Å²) in [6, 6.07) is 8.81. The topological polar surface area (TPSA) is 21.3 Å². The van der Waals surface area contributed by atoms with Crippen molar-refractivity contribution < 1.29 is 4.74 Å². The van der Waals surface area contributed by atoms with E-state index in [0.717, 1.165) is 19.8 Å². The molecule has 0 radical (unpaired) electrons. The third kappa shape index (κ3) is 2.82. The Morgan fingerprint density at radius 3 is 2.79 bits per heavy atom. The molecule has 1 fully saturated rings. The molecule has 2 rings (SSSR count). The Morgan fingerprint density at radius 2 is 2.14 bits per heavy atom. The molecule has 1 aliphatic rings. The van der Waals surface area contributed by atoms with Crippen LogP contribution in [0.1, 0.15) is 11.6 Å². The minimum absolute atomic E-state index is 0. The minimum Gasteiger partial charge on any atom is -0.378 e. The second kappa shape index (κ2) is 5.90. The lowest BCUT2D eigenvalue weighted by Crippen LogP contribution is -2.34. The van der Waals surface area contributed by atoms with Crippen molar-refractivity contribution in [1.29, 1.82) is 0 Å². The Bertz CT molecular complexity index is 289. The van der Waals surface area contributed by atoms with Crippen LogP contribution in [0.5, 0.6) is 0 Å². The van der Waals surface area contributed by atoms with Crippen LogP contribution in [0.4, 0.5) is 0 Å². The van der Waals surface area contributed by atoms with Crippen LogP contribution in [-0.4, -0.2) is 19.8 Å². The standard InChI is InChI=1S/C10H12INO.ClH/c11-9-4-2-1-3-8(9)10-7-13-6-5-12-10;/h1-4,10,12H,5-7H2;1H/t10-;/m0./s1. The molecule has 1 heterocycles. The highest BCUT2D eigenvalue weighted by Crippen LogP contribution is 2.21. The van der Waals surface area contributed by atoms with Crippen LogP contribution >= 0.6 is 35.0 Å². The molecule has 0 unspecified atom stereocenters. The molecule has 1 atom stereocenters. The number of ether oxygens (including phenoxy) is 1. The smallest absolute Gasteiger partial charge is 0.0662 e. The van der Waals surface area contributed by atoms with E-state index in [4.69, 9.17) is 4.74 Å². The van der Waals surface area contributed by atoms with Gasteiger partial charge in [0.2, 0.25) is 0 Å². The highest BCUT2D eigenvalue weighted by Gasteiger charge is 2.16. The summed E-state index contributed by atoms with van der Waals surface area (Å²) in [6.07, 6.45) is 0. The molecule has 2 nitrogen and oxygen atoms in total. The van der Waals surface area contributed by atoms with Gasteiger partial charge in [-0.05, 0) is 34.2 Å². The molecule has 0 aromatic heterocycles. The number of hydrogen-bond acceptors (Lipinski definition) is 2. The van der Waals surface area contributed by atoms with Gasteiger partial charge in [-0.25, -0.2) is 0 Å². The molecular formula is C10H13ClINO. The summed E-state index contributed by atoms with van der Waals surface area (Å²) in [7, 11) is 0. The van der Waals surface area contributed by atoms with E-state index >= 15 is 0 Å². The fraction of sp³-hybridized carbons (Fsp3) is 0.400. The molecule has 1 saturated heterocycles. The Balaban J connectivity index is 0.000000980. The molecule has 0 amide bonds. The number of rotatable bonds is 1. The molecule has 1 N–H and O–H groups in total. The number of hydrogen-bond donors (Lipinski definition) is 1. The third-order valence-corrected chi connectivity index (χ3v) is 3.18. The van der Waals surface area contributed by atoms with Gasteiger partial charge in [0.05, 0.1) is 19.3 Å². The zero-order valence-electron chi connectivity index (χ0n) is 7.70. The SMILES string of the molecule is Cl.Ic1ccccc1[C@@H]1COCCN1. The lowest BCUT2D eigenvalue weighted by atomic mass is 10.1. The van der Waals surface area contributed by atoms with Crippen molar-refractivity contribution in [3.8, 4) is 0 Å². The molecule has 14 heavy (non-hydrogen) atoms. The number of nitrogens with one attached hydrogen (secondary N) is 1. The quantitative estimate of drug-likeness (QED) is 0.801. The Kier molecular flexibility index (Phi) is 5.15. The van der Waals surface area contributed by atoms with E-state index in [1.807, 2.05) is 0 Å². The van der Waals surface area contributed by atoms with Gasteiger partial charge in [0.25, 0.3) is 0 Å². The van der Waals surface area contributed by atoms with Crippen molar-refractivity contribution in [3.05, 3.63) is 33.4 Å². The van der Waals surface area contributed by atoms with E-state index in [0.29, 0.717) is 6.04 Å². The molecule has 0 saturated carbocycles. The molecule has 0 spiro atoms. The normalized spacial score (nSPS) is 21.4. The molecule has 0 aliphatic carbocycles. The summed E-state index contributed by atoms with van der Waals surface area (Å²) in [6.45, 7) is 2.58. The highest BCUT2D eigenvalue weighted by atomic mass is 127. The van der Waals surface area contributed by atoms with Crippen LogP contribution in [0.2, 0.25) is 0 Å². The molecule has 1 aromatic rings. The first kappa shape index (κ1) is 12.2. The summed E-state index contributed by atoms with van der Waals surface area (Å²) in [5.41, 5.74) is 1.35. The van der Waals surface area contributed by atoms with Gasteiger partial charge >= 0.3 is 0 Å².